The van der Waals surface area contributed by atoms with Crippen molar-refractivity contribution in [3.63, 3.8) is 0 Å². The van der Waals surface area contributed by atoms with Crippen LogP contribution in [0.1, 0.15) is 34.6 Å². The smallest absolute Gasteiger partial charge is 0.410 e. The molecule has 2 aromatic rings. The zero-order chi connectivity index (χ0) is 19.2. The first kappa shape index (κ1) is 18.2. The number of piperazine rings is 1. The van der Waals surface area contributed by atoms with Crippen LogP contribution in [-0.2, 0) is 11.8 Å². The van der Waals surface area contributed by atoms with Crippen LogP contribution >= 0.6 is 0 Å². The van der Waals surface area contributed by atoms with E-state index in [2.05, 4.69) is 15.0 Å². The predicted octanol–water partition coefficient (Wildman–Crippen LogP) is 1.49. The van der Waals surface area contributed by atoms with Gasteiger partial charge in [-0.05, 0) is 34.6 Å². The van der Waals surface area contributed by atoms with Gasteiger partial charge in [-0.3, -0.25) is 4.98 Å². The van der Waals surface area contributed by atoms with Gasteiger partial charge in [-0.15, -0.1) is 0 Å². The summed E-state index contributed by atoms with van der Waals surface area (Å²) in [5.41, 5.74) is 0.336. The Hall–Kier alpha value is -2.58. The molecule has 0 radical (unpaired) electrons. The molecule has 26 heavy (non-hydrogen) atoms. The number of anilines is 1. The molecule has 1 N–H and O–H groups in total. The summed E-state index contributed by atoms with van der Waals surface area (Å²) in [5.74, 6) is 0.549. The van der Waals surface area contributed by atoms with E-state index in [1.807, 2.05) is 46.6 Å². The molecular weight excluding hydrogens is 336 g/mol. The molecule has 0 saturated carbocycles. The van der Waals surface area contributed by atoms with Crippen LogP contribution in [0.3, 0.4) is 0 Å². The van der Waals surface area contributed by atoms with Crippen molar-refractivity contribution >= 4 is 23.1 Å². The molecule has 1 saturated heterocycles. The Kier molecular flexibility index (Phi) is 4.41. The molecule has 9 heteroatoms. The van der Waals surface area contributed by atoms with E-state index in [1.165, 1.54) is 0 Å². The van der Waals surface area contributed by atoms with Crippen molar-refractivity contribution in [2.24, 2.45) is 7.05 Å². The highest BCUT2D eigenvalue weighted by atomic mass is 16.6. The van der Waals surface area contributed by atoms with Gasteiger partial charge in [0.2, 0.25) is 0 Å². The lowest BCUT2D eigenvalue weighted by molar-refractivity contribution is 0.0130. The molecule has 0 aromatic carbocycles. The minimum atomic E-state index is -0.536. The molecule has 0 spiro atoms. The van der Waals surface area contributed by atoms with Crippen LogP contribution in [0.5, 0.6) is 0 Å². The Morgan fingerprint density at radius 3 is 2.62 bits per heavy atom. The number of ether oxygens (including phenoxy) is 1. The number of H-pyrrole nitrogens is 1. The van der Waals surface area contributed by atoms with Gasteiger partial charge >= 0.3 is 11.8 Å². The molecule has 1 fully saturated rings. The molecule has 0 aliphatic carbocycles. The lowest BCUT2D eigenvalue weighted by Crippen LogP contribution is -2.59. The van der Waals surface area contributed by atoms with Crippen molar-refractivity contribution in [2.45, 2.75) is 52.3 Å². The van der Waals surface area contributed by atoms with Crippen LogP contribution < -0.4 is 10.6 Å². The summed E-state index contributed by atoms with van der Waals surface area (Å²) in [5, 5.41) is 0. The van der Waals surface area contributed by atoms with E-state index in [0.717, 1.165) is 0 Å². The van der Waals surface area contributed by atoms with Crippen LogP contribution in [0, 0.1) is 0 Å². The molecule has 1 amide bonds. The number of aryl methyl sites for hydroxylation is 1. The number of hydrogen-bond acceptors (Lipinski definition) is 6. The van der Waals surface area contributed by atoms with Gasteiger partial charge in [-0.25, -0.2) is 14.6 Å². The second kappa shape index (κ2) is 6.30. The monoisotopic (exact) mass is 362 g/mol. The third-order valence-corrected chi connectivity index (χ3v) is 4.47. The quantitative estimate of drug-likeness (QED) is 0.826. The molecule has 3 heterocycles. The molecule has 2 aromatic heterocycles. The fourth-order valence-corrected chi connectivity index (χ4v) is 3.22. The fourth-order valence-electron chi connectivity index (χ4n) is 3.22. The third-order valence-electron chi connectivity index (χ3n) is 4.47. The summed E-state index contributed by atoms with van der Waals surface area (Å²) in [6, 6.07) is -0.112. The average molecular weight is 362 g/mol. The number of nitrogens with zero attached hydrogens (tertiary/aromatic N) is 5. The number of aromatic nitrogens is 4. The molecule has 142 valence electrons. The van der Waals surface area contributed by atoms with Crippen molar-refractivity contribution in [3.8, 4) is 0 Å². The van der Waals surface area contributed by atoms with E-state index >= 15 is 0 Å². The maximum absolute atomic E-state index is 12.5. The van der Waals surface area contributed by atoms with E-state index in [1.54, 1.807) is 15.8 Å². The van der Waals surface area contributed by atoms with Gasteiger partial charge < -0.3 is 19.1 Å². The van der Waals surface area contributed by atoms with Gasteiger partial charge in [0, 0.05) is 32.2 Å². The van der Waals surface area contributed by atoms with Gasteiger partial charge in [0.25, 0.3) is 0 Å². The Morgan fingerprint density at radius 1 is 1.27 bits per heavy atom. The van der Waals surface area contributed by atoms with E-state index in [-0.39, 0.29) is 18.2 Å². The topological polar surface area (TPSA) is 96.4 Å². The molecule has 3 rings (SSSR count). The molecular formula is C17H26N6O3. The maximum Gasteiger partial charge on any atom is 0.410 e. The van der Waals surface area contributed by atoms with Crippen molar-refractivity contribution in [1.29, 1.82) is 0 Å². The number of hydrogen-bond donors (Lipinski definition) is 1. The first-order valence-corrected chi connectivity index (χ1v) is 8.74. The summed E-state index contributed by atoms with van der Waals surface area (Å²) >= 11 is 0. The fraction of sp³-hybridized carbons (Fsp3) is 0.647. The largest absolute Gasteiger partial charge is 0.444 e. The minimum Gasteiger partial charge on any atom is -0.444 e. The Morgan fingerprint density at radius 2 is 1.96 bits per heavy atom. The number of imidazole rings is 1. The van der Waals surface area contributed by atoms with Gasteiger partial charge in [0.05, 0.1) is 6.33 Å². The number of nitrogens with one attached hydrogen (secondary N) is 1. The number of rotatable bonds is 1. The summed E-state index contributed by atoms with van der Waals surface area (Å²) in [4.78, 5) is 39.5. The lowest BCUT2D eigenvalue weighted by Gasteiger charge is -2.44. The molecule has 1 aliphatic rings. The van der Waals surface area contributed by atoms with Crippen LogP contribution in [-0.4, -0.2) is 61.3 Å². The first-order valence-electron chi connectivity index (χ1n) is 8.74. The number of carbonyl (C=O) groups excluding carboxylic acids is 1. The highest BCUT2D eigenvalue weighted by Gasteiger charge is 2.36. The van der Waals surface area contributed by atoms with Crippen LogP contribution in [0.15, 0.2) is 11.1 Å². The molecule has 1 aliphatic heterocycles. The van der Waals surface area contributed by atoms with Gasteiger partial charge in [-0.2, -0.15) is 4.98 Å². The standard InChI is InChI=1S/C17H26N6O3/c1-10-8-23(16(25)26-17(3,4)5)11(2)7-22(10)14-12-13(19-15(24)20-14)21(6)9-18-12/h9-11H,7-8H2,1-6H3,(H,19,20,24)/t10-,11+/m0/s1. The normalized spacial score (nSPS) is 21.3. The second-order valence-corrected chi connectivity index (χ2v) is 7.90. The summed E-state index contributed by atoms with van der Waals surface area (Å²) in [6.45, 7) is 10.6. The van der Waals surface area contributed by atoms with Crippen LogP contribution in [0.2, 0.25) is 0 Å². The van der Waals surface area contributed by atoms with Gasteiger partial charge in [-0.1, -0.05) is 0 Å². The van der Waals surface area contributed by atoms with Crippen molar-refractivity contribution in [1.82, 2.24) is 24.4 Å². The van der Waals surface area contributed by atoms with Crippen LogP contribution in [0.25, 0.3) is 11.2 Å². The third kappa shape index (κ3) is 3.38. The summed E-state index contributed by atoms with van der Waals surface area (Å²) < 4.78 is 7.27. The van der Waals surface area contributed by atoms with Gasteiger partial charge in [0.15, 0.2) is 5.82 Å². The SMILES string of the molecule is C[C@@H]1CN(c2nc(=O)[nH]c3c2ncn3C)[C@@H](C)CN1C(=O)OC(C)(C)C. The average Bonchev–Trinajstić information content (AvgIpc) is 2.88. The number of carbonyl (C=O) groups is 1. The lowest BCUT2D eigenvalue weighted by atomic mass is 10.1. The Balaban J connectivity index is 1.89. The minimum absolute atomic E-state index is 0.0294. The van der Waals surface area contributed by atoms with Crippen LogP contribution in [0.4, 0.5) is 10.6 Å². The zero-order valence-corrected chi connectivity index (χ0v) is 16.1. The van der Waals surface area contributed by atoms with E-state index in [0.29, 0.717) is 30.1 Å². The van der Waals surface area contributed by atoms with Crippen molar-refractivity contribution < 1.29 is 9.53 Å². The molecule has 9 nitrogen and oxygen atoms in total. The van der Waals surface area contributed by atoms with E-state index in [4.69, 9.17) is 4.74 Å². The maximum atomic E-state index is 12.5. The van der Waals surface area contributed by atoms with Crippen molar-refractivity contribution in [2.75, 3.05) is 18.0 Å². The Bertz CT molecular complexity index is 881. The number of aromatic amines is 1. The van der Waals surface area contributed by atoms with E-state index in [9.17, 15) is 9.59 Å². The zero-order valence-electron chi connectivity index (χ0n) is 16.1. The second-order valence-electron chi connectivity index (χ2n) is 7.90. The number of fused-ring (bicyclic) bond motifs is 1. The van der Waals surface area contributed by atoms with Crippen molar-refractivity contribution in [3.05, 3.63) is 16.8 Å². The summed E-state index contributed by atoms with van der Waals surface area (Å²) in [7, 11) is 1.82. The molecule has 2 atom stereocenters. The predicted molar refractivity (Wildman–Crippen MR) is 98.3 cm³/mol. The Labute approximate surface area is 152 Å². The first-order chi connectivity index (χ1) is 12.1. The highest BCUT2D eigenvalue weighted by Crippen LogP contribution is 2.26. The summed E-state index contributed by atoms with van der Waals surface area (Å²) in [6.07, 6.45) is 1.33. The number of amides is 1. The molecule has 0 bridgehead atoms. The van der Waals surface area contributed by atoms with E-state index < -0.39 is 11.3 Å². The molecule has 0 unspecified atom stereocenters. The van der Waals surface area contributed by atoms with Gasteiger partial charge in [0.1, 0.15) is 16.8 Å². The highest BCUT2D eigenvalue weighted by molar-refractivity contribution is 5.83.